The van der Waals surface area contributed by atoms with Crippen LogP contribution in [0.4, 0.5) is 0 Å². The van der Waals surface area contributed by atoms with E-state index < -0.39 is 6.10 Å². The van der Waals surface area contributed by atoms with Crippen molar-refractivity contribution >= 4 is 6.29 Å². The molecule has 0 amide bonds. The maximum atomic E-state index is 10.5. The van der Waals surface area contributed by atoms with Crippen LogP contribution in [0.3, 0.4) is 0 Å². The highest BCUT2D eigenvalue weighted by molar-refractivity contribution is 5.56. The molecule has 3 heteroatoms. The Bertz CT molecular complexity index is 258. The molecular formula is C11H14O3. The largest absolute Gasteiger partial charge is 0.382 e. The number of benzene rings is 1. The van der Waals surface area contributed by atoms with Crippen molar-refractivity contribution in [3.05, 3.63) is 35.9 Å². The molecule has 1 aromatic rings. The van der Waals surface area contributed by atoms with Gasteiger partial charge in [0.2, 0.25) is 0 Å². The van der Waals surface area contributed by atoms with E-state index in [1.54, 1.807) is 7.11 Å². The Morgan fingerprint density at radius 3 is 2.64 bits per heavy atom. The van der Waals surface area contributed by atoms with Crippen LogP contribution in [0, 0.1) is 0 Å². The Kier molecular flexibility index (Phi) is 4.89. The van der Waals surface area contributed by atoms with Crippen LogP contribution in [0.25, 0.3) is 0 Å². The molecule has 0 radical (unpaired) electrons. The van der Waals surface area contributed by atoms with Crippen LogP contribution in [0.15, 0.2) is 30.3 Å². The average Bonchev–Trinajstić information content (AvgIpc) is 2.25. The molecule has 0 bridgehead atoms. The van der Waals surface area contributed by atoms with Crippen molar-refractivity contribution in [2.75, 3.05) is 13.7 Å². The second-order valence-corrected chi connectivity index (χ2v) is 2.93. The summed E-state index contributed by atoms with van der Waals surface area (Å²) in [6, 6.07) is 9.72. The van der Waals surface area contributed by atoms with Gasteiger partial charge in [-0.2, -0.15) is 0 Å². The molecule has 0 aliphatic heterocycles. The first kappa shape index (κ1) is 10.9. The van der Waals surface area contributed by atoms with Crippen LogP contribution in [0.5, 0.6) is 0 Å². The summed E-state index contributed by atoms with van der Waals surface area (Å²) >= 11 is 0. The Hall–Kier alpha value is -1.19. The van der Waals surface area contributed by atoms with Crippen LogP contribution >= 0.6 is 0 Å². The van der Waals surface area contributed by atoms with Crippen LogP contribution in [0.1, 0.15) is 5.56 Å². The molecule has 3 nitrogen and oxygen atoms in total. The van der Waals surface area contributed by atoms with Gasteiger partial charge in [0.25, 0.3) is 0 Å². The predicted molar refractivity (Wildman–Crippen MR) is 53.0 cm³/mol. The van der Waals surface area contributed by atoms with E-state index in [9.17, 15) is 4.79 Å². The normalized spacial score (nSPS) is 12.4. The van der Waals surface area contributed by atoms with Crippen molar-refractivity contribution in [2.45, 2.75) is 12.7 Å². The lowest BCUT2D eigenvalue weighted by atomic mass is 10.2. The molecule has 0 saturated heterocycles. The molecule has 1 aromatic carbocycles. The lowest BCUT2D eigenvalue weighted by molar-refractivity contribution is -0.122. The molecule has 0 aliphatic carbocycles. The minimum absolute atomic E-state index is 0.302. The summed E-state index contributed by atoms with van der Waals surface area (Å²) < 4.78 is 10.2. The highest BCUT2D eigenvalue weighted by Gasteiger charge is 2.06. The molecular weight excluding hydrogens is 180 g/mol. The van der Waals surface area contributed by atoms with E-state index in [2.05, 4.69) is 0 Å². The molecule has 0 saturated carbocycles. The number of rotatable bonds is 6. The fourth-order valence-corrected chi connectivity index (χ4v) is 1.07. The van der Waals surface area contributed by atoms with E-state index in [4.69, 9.17) is 9.47 Å². The van der Waals surface area contributed by atoms with Gasteiger partial charge in [-0.05, 0) is 5.56 Å². The summed E-state index contributed by atoms with van der Waals surface area (Å²) in [6.07, 6.45) is 0.284. The first-order chi connectivity index (χ1) is 6.86. The zero-order valence-corrected chi connectivity index (χ0v) is 8.18. The Morgan fingerprint density at radius 2 is 2.07 bits per heavy atom. The lowest BCUT2D eigenvalue weighted by Crippen LogP contribution is -2.20. The quantitative estimate of drug-likeness (QED) is 0.642. The molecule has 1 atom stereocenters. The van der Waals surface area contributed by atoms with E-state index in [0.29, 0.717) is 13.2 Å². The monoisotopic (exact) mass is 194 g/mol. The topological polar surface area (TPSA) is 35.5 Å². The first-order valence-corrected chi connectivity index (χ1v) is 4.46. The van der Waals surface area contributed by atoms with Crippen LogP contribution in [0.2, 0.25) is 0 Å². The molecule has 0 aromatic heterocycles. The van der Waals surface area contributed by atoms with Crippen molar-refractivity contribution in [1.29, 1.82) is 0 Å². The third-order valence-electron chi connectivity index (χ3n) is 1.79. The second-order valence-electron chi connectivity index (χ2n) is 2.93. The summed E-state index contributed by atoms with van der Waals surface area (Å²) in [6.45, 7) is 0.740. The number of carbonyl (C=O) groups is 1. The number of hydrogen-bond acceptors (Lipinski definition) is 3. The maximum Gasteiger partial charge on any atom is 0.151 e. The lowest BCUT2D eigenvalue weighted by Gasteiger charge is -2.10. The van der Waals surface area contributed by atoms with E-state index >= 15 is 0 Å². The summed E-state index contributed by atoms with van der Waals surface area (Å²) in [5.41, 5.74) is 1.05. The van der Waals surface area contributed by atoms with Gasteiger partial charge in [0, 0.05) is 7.11 Å². The number of aldehydes is 1. The molecule has 0 aliphatic rings. The van der Waals surface area contributed by atoms with Gasteiger partial charge in [-0.3, -0.25) is 0 Å². The summed E-state index contributed by atoms with van der Waals surface area (Å²) in [5.74, 6) is 0. The number of carbonyl (C=O) groups excluding carboxylic acids is 1. The van der Waals surface area contributed by atoms with Crippen molar-refractivity contribution < 1.29 is 14.3 Å². The molecule has 76 valence electrons. The van der Waals surface area contributed by atoms with Gasteiger partial charge in [0.1, 0.15) is 6.10 Å². The maximum absolute atomic E-state index is 10.5. The number of ether oxygens (including phenoxy) is 2. The van der Waals surface area contributed by atoms with Crippen molar-refractivity contribution in [3.8, 4) is 0 Å². The second kappa shape index (κ2) is 6.29. The SMILES string of the molecule is COC[C@@H](C=O)OCc1ccccc1. The molecule has 0 fully saturated rings. The average molecular weight is 194 g/mol. The van der Waals surface area contributed by atoms with Gasteiger partial charge in [-0.25, -0.2) is 0 Å². The third-order valence-corrected chi connectivity index (χ3v) is 1.79. The molecule has 0 N–H and O–H groups in total. The minimum Gasteiger partial charge on any atom is -0.382 e. The van der Waals surface area contributed by atoms with E-state index in [1.807, 2.05) is 30.3 Å². The highest BCUT2D eigenvalue weighted by Crippen LogP contribution is 2.02. The van der Waals surface area contributed by atoms with Gasteiger partial charge in [0.15, 0.2) is 6.29 Å². The van der Waals surface area contributed by atoms with Crippen molar-refractivity contribution in [3.63, 3.8) is 0 Å². The van der Waals surface area contributed by atoms with E-state index in [-0.39, 0.29) is 0 Å². The number of methoxy groups -OCH3 is 1. The Balaban J connectivity index is 2.35. The van der Waals surface area contributed by atoms with E-state index in [1.165, 1.54) is 0 Å². The van der Waals surface area contributed by atoms with Gasteiger partial charge in [-0.1, -0.05) is 30.3 Å². The molecule has 1 rings (SSSR count). The molecule has 14 heavy (non-hydrogen) atoms. The summed E-state index contributed by atoms with van der Waals surface area (Å²) in [4.78, 5) is 10.5. The summed E-state index contributed by atoms with van der Waals surface area (Å²) in [5, 5.41) is 0. The number of hydrogen-bond donors (Lipinski definition) is 0. The van der Waals surface area contributed by atoms with Gasteiger partial charge in [0.05, 0.1) is 13.2 Å². The molecule has 0 unspecified atom stereocenters. The van der Waals surface area contributed by atoms with Gasteiger partial charge in [-0.15, -0.1) is 0 Å². The third kappa shape index (κ3) is 3.68. The van der Waals surface area contributed by atoms with Crippen LogP contribution in [-0.4, -0.2) is 26.1 Å². The summed E-state index contributed by atoms with van der Waals surface area (Å²) in [7, 11) is 1.54. The van der Waals surface area contributed by atoms with Crippen molar-refractivity contribution in [2.24, 2.45) is 0 Å². The fraction of sp³-hybridized carbons (Fsp3) is 0.364. The fourth-order valence-electron chi connectivity index (χ4n) is 1.07. The zero-order valence-electron chi connectivity index (χ0n) is 8.18. The van der Waals surface area contributed by atoms with Crippen LogP contribution < -0.4 is 0 Å². The molecule has 0 spiro atoms. The van der Waals surface area contributed by atoms with Crippen molar-refractivity contribution in [1.82, 2.24) is 0 Å². The standard InChI is InChI=1S/C11H14O3/c1-13-9-11(7-12)14-8-10-5-3-2-4-6-10/h2-7,11H,8-9H2,1H3/t11-/m1/s1. The molecule has 0 heterocycles. The van der Waals surface area contributed by atoms with Crippen LogP contribution in [-0.2, 0) is 20.9 Å². The highest BCUT2D eigenvalue weighted by atomic mass is 16.5. The predicted octanol–water partition coefficient (Wildman–Crippen LogP) is 1.42. The van der Waals surface area contributed by atoms with Gasteiger partial charge < -0.3 is 14.3 Å². The Morgan fingerprint density at radius 1 is 1.36 bits per heavy atom. The zero-order chi connectivity index (χ0) is 10.2. The minimum atomic E-state index is -0.472. The van der Waals surface area contributed by atoms with E-state index in [0.717, 1.165) is 11.8 Å². The smallest absolute Gasteiger partial charge is 0.151 e. The first-order valence-electron chi connectivity index (χ1n) is 4.46. The van der Waals surface area contributed by atoms with Gasteiger partial charge >= 0.3 is 0 Å². The Labute approximate surface area is 83.6 Å².